The van der Waals surface area contributed by atoms with Gasteiger partial charge in [-0.2, -0.15) is 0 Å². The number of benzene rings is 1. The van der Waals surface area contributed by atoms with Crippen LogP contribution in [0.2, 0.25) is 0 Å². The Balaban J connectivity index is 1.96. The average molecular weight is 402 g/mol. The molecule has 2 rings (SSSR count). The standard InChI is InChI=1S/C15H19IN2O3/c16-12-3-1-10(2-4-12)9-13(14(17)19)18-15(20)11-5-7-21-8-6-11/h1-4,11,13H,5-9H2,(H2,17,19)(H,18,20)/t13-/m0/s1. The van der Waals surface area contributed by atoms with Gasteiger partial charge >= 0.3 is 0 Å². The Kier molecular flexibility index (Phi) is 5.98. The number of nitrogens with two attached hydrogens (primary N) is 1. The summed E-state index contributed by atoms with van der Waals surface area (Å²) in [6.45, 7) is 1.19. The van der Waals surface area contributed by atoms with Crippen molar-refractivity contribution in [3.63, 3.8) is 0 Å². The number of amides is 2. The number of rotatable bonds is 5. The molecule has 1 aromatic rings. The summed E-state index contributed by atoms with van der Waals surface area (Å²) in [6, 6.07) is 7.15. The van der Waals surface area contributed by atoms with Crippen LogP contribution in [0.4, 0.5) is 0 Å². The largest absolute Gasteiger partial charge is 0.381 e. The number of hydrogen-bond donors (Lipinski definition) is 2. The Morgan fingerprint density at radius 1 is 1.29 bits per heavy atom. The Morgan fingerprint density at radius 2 is 1.90 bits per heavy atom. The van der Waals surface area contributed by atoms with Crippen LogP contribution in [-0.4, -0.2) is 31.1 Å². The predicted molar refractivity (Wildman–Crippen MR) is 87.5 cm³/mol. The van der Waals surface area contributed by atoms with Crippen LogP contribution in [0.5, 0.6) is 0 Å². The maximum atomic E-state index is 12.2. The van der Waals surface area contributed by atoms with E-state index >= 15 is 0 Å². The monoisotopic (exact) mass is 402 g/mol. The van der Waals surface area contributed by atoms with Crippen molar-refractivity contribution in [3.8, 4) is 0 Å². The van der Waals surface area contributed by atoms with E-state index in [0.717, 1.165) is 9.13 Å². The Morgan fingerprint density at radius 3 is 2.48 bits per heavy atom. The summed E-state index contributed by atoms with van der Waals surface area (Å²) >= 11 is 2.22. The van der Waals surface area contributed by atoms with Crippen molar-refractivity contribution in [2.24, 2.45) is 11.7 Å². The minimum atomic E-state index is -0.666. The van der Waals surface area contributed by atoms with Crippen molar-refractivity contribution in [1.29, 1.82) is 0 Å². The van der Waals surface area contributed by atoms with Gasteiger partial charge in [-0.25, -0.2) is 0 Å². The highest BCUT2D eigenvalue weighted by Crippen LogP contribution is 2.15. The fourth-order valence-electron chi connectivity index (χ4n) is 2.33. The van der Waals surface area contributed by atoms with Crippen LogP contribution in [0.25, 0.3) is 0 Å². The molecule has 3 N–H and O–H groups in total. The van der Waals surface area contributed by atoms with Gasteiger partial charge in [-0.1, -0.05) is 12.1 Å². The second-order valence-corrected chi connectivity index (χ2v) is 6.43. The van der Waals surface area contributed by atoms with Crippen LogP contribution in [0.15, 0.2) is 24.3 Å². The van der Waals surface area contributed by atoms with Crippen molar-refractivity contribution in [3.05, 3.63) is 33.4 Å². The molecule has 0 radical (unpaired) electrons. The maximum absolute atomic E-state index is 12.2. The molecule has 5 nitrogen and oxygen atoms in total. The summed E-state index contributed by atoms with van der Waals surface area (Å²) in [4.78, 5) is 23.8. The second kappa shape index (κ2) is 7.74. The molecule has 0 saturated carbocycles. The molecule has 6 heteroatoms. The van der Waals surface area contributed by atoms with Crippen molar-refractivity contribution < 1.29 is 14.3 Å². The number of primary amides is 1. The predicted octanol–water partition coefficient (Wildman–Crippen LogP) is 1.23. The summed E-state index contributed by atoms with van der Waals surface area (Å²) in [5, 5.41) is 2.78. The summed E-state index contributed by atoms with van der Waals surface area (Å²) in [5.74, 6) is -0.695. The van der Waals surface area contributed by atoms with Gasteiger partial charge in [-0.3, -0.25) is 9.59 Å². The number of ether oxygens (including phenoxy) is 1. The lowest BCUT2D eigenvalue weighted by atomic mass is 9.98. The lowest BCUT2D eigenvalue weighted by molar-refractivity contribution is -0.132. The van der Waals surface area contributed by atoms with Gasteiger partial charge in [0, 0.05) is 29.1 Å². The molecule has 0 aliphatic carbocycles. The minimum absolute atomic E-state index is 0.0858. The molecule has 1 aromatic carbocycles. The Bertz CT molecular complexity index is 498. The number of carbonyl (C=O) groups excluding carboxylic acids is 2. The van der Waals surface area contributed by atoms with Gasteiger partial charge in [-0.05, 0) is 53.1 Å². The van der Waals surface area contributed by atoms with Gasteiger partial charge in [0.05, 0.1) is 0 Å². The Hall–Kier alpha value is -1.15. The minimum Gasteiger partial charge on any atom is -0.381 e. The van der Waals surface area contributed by atoms with Crippen molar-refractivity contribution in [1.82, 2.24) is 5.32 Å². The molecule has 2 amide bonds. The molecule has 1 atom stereocenters. The topological polar surface area (TPSA) is 81.4 Å². The molecule has 0 spiro atoms. The molecule has 1 fully saturated rings. The number of hydrogen-bond acceptors (Lipinski definition) is 3. The van der Waals surface area contributed by atoms with Crippen LogP contribution < -0.4 is 11.1 Å². The number of carbonyl (C=O) groups is 2. The zero-order chi connectivity index (χ0) is 15.2. The fraction of sp³-hybridized carbons (Fsp3) is 0.467. The smallest absolute Gasteiger partial charge is 0.240 e. The first-order valence-corrected chi connectivity index (χ1v) is 8.06. The number of halogens is 1. The highest BCUT2D eigenvalue weighted by molar-refractivity contribution is 14.1. The third-order valence-corrected chi connectivity index (χ3v) is 4.32. The van der Waals surface area contributed by atoms with Gasteiger partial charge in [0.2, 0.25) is 11.8 Å². The van der Waals surface area contributed by atoms with Gasteiger partial charge < -0.3 is 15.8 Å². The molecule has 1 heterocycles. The molecule has 1 aliphatic heterocycles. The summed E-state index contributed by atoms with van der Waals surface area (Å²) in [6.07, 6.45) is 1.81. The third-order valence-electron chi connectivity index (χ3n) is 3.61. The highest BCUT2D eigenvalue weighted by atomic mass is 127. The molecular formula is C15H19IN2O3. The van der Waals surface area contributed by atoms with Gasteiger partial charge in [-0.15, -0.1) is 0 Å². The first-order valence-electron chi connectivity index (χ1n) is 6.98. The molecular weight excluding hydrogens is 383 g/mol. The van der Waals surface area contributed by atoms with Crippen LogP contribution in [-0.2, 0) is 20.7 Å². The lowest BCUT2D eigenvalue weighted by Crippen LogP contribution is -2.48. The quantitative estimate of drug-likeness (QED) is 0.728. The van der Waals surface area contributed by atoms with Gasteiger partial charge in [0.1, 0.15) is 6.04 Å². The average Bonchev–Trinajstić information content (AvgIpc) is 2.49. The van der Waals surface area contributed by atoms with Crippen LogP contribution in [0, 0.1) is 9.49 Å². The normalized spacial score (nSPS) is 17.2. The molecule has 0 bridgehead atoms. The van der Waals surface area contributed by atoms with Crippen molar-refractivity contribution in [2.75, 3.05) is 13.2 Å². The molecule has 0 unspecified atom stereocenters. The zero-order valence-electron chi connectivity index (χ0n) is 11.7. The van der Waals surface area contributed by atoms with E-state index in [0.29, 0.717) is 32.5 Å². The van der Waals surface area contributed by atoms with E-state index in [1.54, 1.807) is 0 Å². The van der Waals surface area contributed by atoms with E-state index in [1.807, 2.05) is 24.3 Å². The van der Waals surface area contributed by atoms with Crippen molar-refractivity contribution >= 4 is 34.4 Å². The molecule has 1 saturated heterocycles. The van der Waals surface area contributed by atoms with Crippen LogP contribution in [0.1, 0.15) is 18.4 Å². The molecule has 1 aliphatic rings. The Labute approximate surface area is 137 Å². The summed E-state index contributed by atoms with van der Waals surface area (Å²) < 4.78 is 6.36. The van der Waals surface area contributed by atoms with Gasteiger partial charge in [0.15, 0.2) is 0 Å². The fourth-order valence-corrected chi connectivity index (χ4v) is 2.69. The first kappa shape index (κ1) is 16.2. The zero-order valence-corrected chi connectivity index (χ0v) is 13.8. The van der Waals surface area contributed by atoms with E-state index in [-0.39, 0.29) is 11.8 Å². The van der Waals surface area contributed by atoms with Crippen LogP contribution in [0.3, 0.4) is 0 Å². The lowest BCUT2D eigenvalue weighted by Gasteiger charge is -2.24. The van der Waals surface area contributed by atoms with Gasteiger partial charge in [0.25, 0.3) is 0 Å². The van der Waals surface area contributed by atoms with E-state index in [1.165, 1.54) is 0 Å². The summed E-state index contributed by atoms with van der Waals surface area (Å²) in [5.41, 5.74) is 6.39. The maximum Gasteiger partial charge on any atom is 0.240 e. The SMILES string of the molecule is NC(=O)[C@H](Cc1ccc(I)cc1)NC(=O)C1CCOCC1. The number of nitrogens with one attached hydrogen (secondary N) is 1. The summed E-state index contributed by atoms with van der Waals surface area (Å²) in [7, 11) is 0. The van der Waals surface area contributed by atoms with E-state index in [2.05, 4.69) is 27.9 Å². The van der Waals surface area contributed by atoms with E-state index in [9.17, 15) is 9.59 Å². The molecule has 21 heavy (non-hydrogen) atoms. The van der Waals surface area contributed by atoms with Crippen molar-refractivity contribution in [2.45, 2.75) is 25.3 Å². The second-order valence-electron chi connectivity index (χ2n) is 5.18. The van der Waals surface area contributed by atoms with E-state index in [4.69, 9.17) is 10.5 Å². The highest BCUT2D eigenvalue weighted by Gasteiger charge is 2.26. The van der Waals surface area contributed by atoms with E-state index < -0.39 is 11.9 Å². The third kappa shape index (κ3) is 4.96. The molecule has 0 aromatic heterocycles. The first-order chi connectivity index (χ1) is 10.1. The van der Waals surface area contributed by atoms with Crippen LogP contribution >= 0.6 is 22.6 Å². The molecule has 114 valence electrons.